The number of anilines is 1. The van der Waals surface area contributed by atoms with Crippen LogP contribution >= 0.6 is 11.6 Å². The highest BCUT2D eigenvalue weighted by Gasteiger charge is 2.19. The van der Waals surface area contributed by atoms with E-state index in [9.17, 15) is 14.9 Å². The van der Waals surface area contributed by atoms with E-state index in [0.29, 0.717) is 26.3 Å². The van der Waals surface area contributed by atoms with E-state index in [0.717, 1.165) is 0 Å². The van der Waals surface area contributed by atoms with Crippen molar-refractivity contribution >= 4 is 28.9 Å². The number of rotatable bonds is 4. The van der Waals surface area contributed by atoms with Gasteiger partial charge >= 0.3 is 0 Å². The summed E-state index contributed by atoms with van der Waals surface area (Å²) in [5, 5.41) is 13.7. The second-order valence-corrected chi connectivity index (χ2v) is 4.79. The van der Waals surface area contributed by atoms with E-state index in [1.807, 2.05) is 4.90 Å². The fraction of sp³-hybridized carbons (Fsp3) is 0.417. The Bertz CT molecular complexity index is 517. The number of amides is 1. The first-order chi connectivity index (χ1) is 9.56. The molecule has 0 aliphatic carbocycles. The summed E-state index contributed by atoms with van der Waals surface area (Å²) in [6, 6.07) is 4.14. The van der Waals surface area contributed by atoms with Crippen molar-refractivity contribution in [2.45, 2.75) is 0 Å². The molecule has 8 heteroatoms. The van der Waals surface area contributed by atoms with Crippen LogP contribution in [0.15, 0.2) is 18.2 Å². The molecule has 2 rings (SSSR count). The van der Waals surface area contributed by atoms with Crippen LogP contribution in [0.5, 0.6) is 0 Å². The van der Waals surface area contributed by atoms with Crippen LogP contribution in [0, 0.1) is 10.1 Å². The van der Waals surface area contributed by atoms with Crippen LogP contribution in [-0.2, 0) is 9.53 Å². The van der Waals surface area contributed by atoms with E-state index in [4.69, 9.17) is 16.3 Å². The summed E-state index contributed by atoms with van der Waals surface area (Å²) in [6.07, 6.45) is 0. The molecular weight excluding hydrogens is 286 g/mol. The summed E-state index contributed by atoms with van der Waals surface area (Å²) in [7, 11) is 0. The van der Waals surface area contributed by atoms with E-state index >= 15 is 0 Å². The number of halogens is 1. The van der Waals surface area contributed by atoms with Gasteiger partial charge in [0.2, 0.25) is 5.91 Å². The fourth-order valence-corrected chi connectivity index (χ4v) is 2.08. The van der Waals surface area contributed by atoms with Gasteiger partial charge in [-0.1, -0.05) is 11.6 Å². The Kier molecular flexibility index (Phi) is 4.89. The quantitative estimate of drug-likeness (QED) is 0.673. The van der Waals surface area contributed by atoms with E-state index < -0.39 is 4.92 Å². The largest absolute Gasteiger partial charge is 0.379 e. The van der Waals surface area contributed by atoms with Crippen LogP contribution in [0.2, 0.25) is 5.02 Å². The van der Waals surface area contributed by atoms with Crippen molar-refractivity contribution in [2.75, 3.05) is 38.2 Å². The molecule has 20 heavy (non-hydrogen) atoms. The number of nitro groups is 1. The van der Waals surface area contributed by atoms with Crippen molar-refractivity contribution in [1.29, 1.82) is 0 Å². The van der Waals surface area contributed by atoms with Gasteiger partial charge in [0.25, 0.3) is 5.69 Å². The monoisotopic (exact) mass is 299 g/mol. The van der Waals surface area contributed by atoms with E-state index in [2.05, 4.69) is 5.32 Å². The molecule has 1 aromatic carbocycles. The molecule has 1 aromatic rings. The van der Waals surface area contributed by atoms with Crippen molar-refractivity contribution in [2.24, 2.45) is 0 Å². The molecule has 1 N–H and O–H groups in total. The van der Waals surface area contributed by atoms with Gasteiger partial charge in [0.1, 0.15) is 5.69 Å². The third-order valence-electron chi connectivity index (χ3n) is 2.90. The smallest absolute Gasteiger partial charge is 0.294 e. The van der Waals surface area contributed by atoms with Crippen molar-refractivity contribution < 1.29 is 14.5 Å². The second-order valence-electron chi connectivity index (χ2n) is 4.36. The van der Waals surface area contributed by atoms with E-state index in [1.165, 1.54) is 18.2 Å². The molecular formula is C12H14ClN3O4. The second kappa shape index (κ2) is 6.65. The van der Waals surface area contributed by atoms with Gasteiger partial charge in [-0.25, -0.2) is 0 Å². The van der Waals surface area contributed by atoms with Crippen LogP contribution in [0.4, 0.5) is 11.4 Å². The summed E-state index contributed by atoms with van der Waals surface area (Å²) in [4.78, 5) is 24.2. The number of hydrogen-bond donors (Lipinski definition) is 1. The normalized spacial score (nSPS) is 15.8. The van der Waals surface area contributed by atoms with Crippen molar-refractivity contribution in [3.63, 3.8) is 0 Å². The van der Waals surface area contributed by atoms with Gasteiger partial charge in [0.15, 0.2) is 0 Å². The van der Waals surface area contributed by atoms with Crippen LogP contribution in [-0.4, -0.2) is 48.6 Å². The molecule has 1 fully saturated rings. The minimum atomic E-state index is -0.573. The molecule has 108 valence electrons. The van der Waals surface area contributed by atoms with Crippen molar-refractivity contribution in [3.8, 4) is 0 Å². The summed E-state index contributed by atoms with van der Waals surface area (Å²) < 4.78 is 5.19. The average molecular weight is 300 g/mol. The minimum Gasteiger partial charge on any atom is -0.379 e. The van der Waals surface area contributed by atoms with Crippen LogP contribution in [0.1, 0.15) is 0 Å². The zero-order valence-corrected chi connectivity index (χ0v) is 11.4. The van der Waals surface area contributed by atoms with Crippen molar-refractivity contribution in [1.82, 2.24) is 4.90 Å². The van der Waals surface area contributed by atoms with Gasteiger partial charge in [-0.3, -0.25) is 19.8 Å². The number of benzene rings is 1. The Morgan fingerprint density at radius 1 is 1.45 bits per heavy atom. The predicted molar refractivity (Wildman–Crippen MR) is 74.0 cm³/mol. The molecule has 1 amide bonds. The van der Waals surface area contributed by atoms with Gasteiger partial charge in [-0.15, -0.1) is 0 Å². The van der Waals surface area contributed by atoms with E-state index in [1.54, 1.807) is 0 Å². The molecule has 0 spiro atoms. The Morgan fingerprint density at radius 3 is 2.80 bits per heavy atom. The lowest BCUT2D eigenvalue weighted by molar-refractivity contribution is -0.383. The highest BCUT2D eigenvalue weighted by atomic mass is 35.5. The third-order valence-corrected chi connectivity index (χ3v) is 3.14. The Labute approximate surface area is 120 Å². The summed E-state index contributed by atoms with van der Waals surface area (Å²) in [5.74, 6) is -0.294. The summed E-state index contributed by atoms with van der Waals surface area (Å²) in [6.45, 7) is 2.72. The molecule has 1 saturated heterocycles. The number of nitrogens with zero attached hydrogens (tertiary/aromatic N) is 2. The highest BCUT2D eigenvalue weighted by Crippen LogP contribution is 2.27. The SMILES string of the molecule is O=C(CN1CCOCC1)Nc1ccc(Cl)cc1[N+](=O)[O-]. The van der Waals surface area contributed by atoms with Gasteiger partial charge < -0.3 is 10.1 Å². The fourth-order valence-electron chi connectivity index (χ4n) is 1.91. The number of nitrogens with one attached hydrogen (secondary N) is 1. The number of nitro benzene ring substituents is 1. The molecule has 0 radical (unpaired) electrons. The first-order valence-corrected chi connectivity index (χ1v) is 6.48. The van der Waals surface area contributed by atoms with Crippen LogP contribution in [0.25, 0.3) is 0 Å². The molecule has 0 aromatic heterocycles. The topological polar surface area (TPSA) is 84.7 Å². The zero-order valence-electron chi connectivity index (χ0n) is 10.7. The summed E-state index contributed by atoms with van der Waals surface area (Å²) in [5.41, 5.74) is -0.0644. The molecule has 1 heterocycles. The van der Waals surface area contributed by atoms with Gasteiger partial charge in [-0.2, -0.15) is 0 Å². The predicted octanol–water partition coefficient (Wildman–Crippen LogP) is 1.52. The Hall–Kier alpha value is -1.70. The zero-order chi connectivity index (χ0) is 14.5. The maximum Gasteiger partial charge on any atom is 0.294 e. The number of morpholine rings is 1. The van der Waals surface area contributed by atoms with Crippen LogP contribution < -0.4 is 5.32 Å². The molecule has 0 bridgehead atoms. The van der Waals surface area contributed by atoms with Gasteiger partial charge in [0, 0.05) is 24.2 Å². The molecule has 1 aliphatic rings. The summed E-state index contributed by atoms with van der Waals surface area (Å²) >= 11 is 5.71. The molecule has 1 aliphatic heterocycles. The number of ether oxygens (including phenoxy) is 1. The van der Waals surface area contributed by atoms with Gasteiger partial charge in [0.05, 0.1) is 24.7 Å². The third kappa shape index (κ3) is 3.89. The maximum absolute atomic E-state index is 11.9. The standard InChI is InChI=1S/C12H14ClN3O4/c13-9-1-2-10(11(7-9)16(18)19)14-12(17)8-15-3-5-20-6-4-15/h1-2,7H,3-6,8H2,(H,14,17). The number of carbonyl (C=O) groups excluding carboxylic acids is 1. The van der Waals surface area contributed by atoms with E-state index in [-0.39, 0.29) is 28.8 Å². The number of hydrogen-bond acceptors (Lipinski definition) is 5. The first-order valence-electron chi connectivity index (χ1n) is 6.10. The highest BCUT2D eigenvalue weighted by molar-refractivity contribution is 6.31. The van der Waals surface area contributed by atoms with Gasteiger partial charge in [-0.05, 0) is 12.1 Å². The minimum absolute atomic E-state index is 0.151. The van der Waals surface area contributed by atoms with Crippen LogP contribution in [0.3, 0.4) is 0 Å². The Balaban J connectivity index is 2.01. The molecule has 0 unspecified atom stereocenters. The molecule has 0 atom stereocenters. The average Bonchev–Trinajstić information content (AvgIpc) is 2.41. The lowest BCUT2D eigenvalue weighted by atomic mass is 10.2. The molecule has 0 saturated carbocycles. The van der Waals surface area contributed by atoms with Crippen molar-refractivity contribution in [3.05, 3.63) is 33.3 Å². The maximum atomic E-state index is 11.9. The lowest BCUT2D eigenvalue weighted by Gasteiger charge is -2.25. The molecule has 7 nitrogen and oxygen atoms in total. The first kappa shape index (κ1) is 14.7. The lowest BCUT2D eigenvalue weighted by Crippen LogP contribution is -2.41. The Morgan fingerprint density at radius 2 is 2.15 bits per heavy atom. The number of carbonyl (C=O) groups is 1.